The number of carbonyl (C=O) groups excluding carboxylic acids is 1. The van der Waals surface area contributed by atoms with Crippen LogP contribution in [0.4, 0.5) is 11.4 Å². The molecule has 0 unspecified atom stereocenters. The Morgan fingerprint density at radius 1 is 0.871 bits per heavy atom. The molecule has 0 spiro atoms. The molecule has 0 aliphatic carbocycles. The van der Waals surface area contributed by atoms with E-state index in [0.29, 0.717) is 33.6 Å². The minimum absolute atomic E-state index is 0.0601. The van der Waals surface area contributed by atoms with Crippen molar-refractivity contribution >= 4 is 50.5 Å². The number of amides is 1. The molecular formula is C22H20Cl2N2O4S. The molecule has 0 heterocycles. The third-order valence-electron chi connectivity index (χ3n) is 4.28. The fraction of sp³-hybridized carbons (Fsp3) is 0.136. The van der Waals surface area contributed by atoms with Gasteiger partial charge in [-0.2, -0.15) is 0 Å². The zero-order chi connectivity index (χ0) is 22.4. The van der Waals surface area contributed by atoms with Crippen molar-refractivity contribution < 1.29 is 17.9 Å². The topological polar surface area (TPSA) is 84.5 Å². The maximum atomic E-state index is 12.6. The molecule has 0 aromatic heterocycles. The van der Waals surface area contributed by atoms with Gasteiger partial charge in [0.05, 0.1) is 4.90 Å². The van der Waals surface area contributed by atoms with Crippen LogP contribution >= 0.6 is 23.2 Å². The van der Waals surface area contributed by atoms with Gasteiger partial charge in [-0.1, -0.05) is 30.1 Å². The van der Waals surface area contributed by atoms with Crippen LogP contribution in [-0.2, 0) is 14.8 Å². The lowest BCUT2D eigenvalue weighted by Gasteiger charge is -2.17. The van der Waals surface area contributed by atoms with Crippen LogP contribution in [0.3, 0.4) is 0 Å². The van der Waals surface area contributed by atoms with Gasteiger partial charge in [0.1, 0.15) is 5.75 Å². The lowest BCUT2D eigenvalue weighted by Crippen LogP contribution is -2.32. The number of rotatable bonds is 8. The number of hydrogen-bond donors (Lipinski definition) is 2. The molecule has 31 heavy (non-hydrogen) atoms. The van der Waals surface area contributed by atoms with E-state index in [0.717, 1.165) is 0 Å². The molecule has 3 aromatic carbocycles. The lowest BCUT2D eigenvalue weighted by atomic mass is 10.2. The summed E-state index contributed by atoms with van der Waals surface area (Å²) < 4.78 is 33.3. The standard InChI is InChI=1S/C22H20Cl2N2O4S/c1-2-21(30-19-11-5-16(24)6-12-19)22(27)25-17-9-13-20(14-10-17)31(28,29)26-18-7-3-15(23)4-8-18/h3-14,21,26H,2H2,1H3,(H,25,27)/t21-/m0/s1. The number of benzene rings is 3. The summed E-state index contributed by atoms with van der Waals surface area (Å²) in [4.78, 5) is 12.6. The molecule has 2 N–H and O–H groups in total. The second-order valence-corrected chi connectivity index (χ2v) is 9.15. The molecule has 0 saturated carbocycles. The van der Waals surface area contributed by atoms with Crippen LogP contribution in [0.5, 0.6) is 5.75 Å². The number of anilines is 2. The summed E-state index contributed by atoms with van der Waals surface area (Å²) in [7, 11) is -3.78. The molecule has 6 nitrogen and oxygen atoms in total. The number of sulfonamides is 1. The first kappa shape index (κ1) is 22.9. The quantitative estimate of drug-likeness (QED) is 0.441. The second kappa shape index (κ2) is 10.0. The molecule has 0 aliphatic rings. The Labute approximate surface area is 191 Å². The number of halogens is 2. The zero-order valence-corrected chi connectivity index (χ0v) is 18.8. The van der Waals surface area contributed by atoms with Crippen molar-refractivity contribution in [2.24, 2.45) is 0 Å². The van der Waals surface area contributed by atoms with Gasteiger partial charge in [0.2, 0.25) is 0 Å². The largest absolute Gasteiger partial charge is 0.481 e. The minimum atomic E-state index is -3.78. The molecule has 3 rings (SSSR count). The average molecular weight is 479 g/mol. The van der Waals surface area contributed by atoms with Gasteiger partial charge in [-0.3, -0.25) is 9.52 Å². The normalized spacial score (nSPS) is 12.1. The van der Waals surface area contributed by atoms with E-state index < -0.39 is 16.1 Å². The lowest BCUT2D eigenvalue weighted by molar-refractivity contribution is -0.122. The number of hydrogen-bond acceptors (Lipinski definition) is 4. The van der Waals surface area contributed by atoms with Crippen LogP contribution in [0.1, 0.15) is 13.3 Å². The predicted molar refractivity (Wildman–Crippen MR) is 123 cm³/mol. The highest BCUT2D eigenvalue weighted by atomic mass is 35.5. The van der Waals surface area contributed by atoms with Crippen molar-refractivity contribution in [2.45, 2.75) is 24.3 Å². The van der Waals surface area contributed by atoms with Crippen molar-refractivity contribution in [3.63, 3.8) is 0 Å². The Bertz CT molecular complexity index is 1130. The van der Waals surface area contributed by atoms with Gasteiger partial charge in [0.25, 0.3) is 15.9 Å². The zero-order valence-electron chi connectivity index (χ0n) is 16.5. The molecular weight excluding hydrogens is 459 g/mol. The third kappa shape index (κ3) is 6.37. The highest BCUT2D eigenvalue weighted by molar-refractivity contribution is 7.92. The highest BCUT2D eigenvalue weighted by Crippen LogP contribution is 2.21. The average Bonchev–Trinajstić information content (AvgIpc) is 2.75. The van der Waals surface area contributed by atoms with E-state index >= 15 is 0 Å². The maximum Gasteiger partial charge on any atom is 0.265 e. The Balaban J connectivity index is 1.65. The van der Waals surface area contributed by atoms with Gasteiger partial charge in [-0.05, 0) is 79.2 Å². The molecule has 0 fully saturated rings. The molecule has 162 valence electrons. The fourth-order valence-corrected chi connectivity index (χ4v) is 3.98. The minimum Gasteiger partial charge on any atom is -0.481 e. The summed E-state index contributed by atoms with van der Waals surface area (Å²) in [5.41, 5.74) is 0.848. The van der Waals surface area contributed by atoms with E-state index in [1.165, 1.54) is 24.3 Å². The Hall–Kier alpha value is -2.74. The van der Waals surface area contributed by atoms with E-state index in [-0.39, 0.29) is 10.8 Å². The van der Waals surface area contributed by atoms with Gasteiger partial charge in [0, 0.05) is 21.4 Å². The van der Waals surface area contributed by atoms with E-state index in [1.807, 2.05) is 6.92 Å². The molecule has 9 heteroatoms. The van der Waals surface area contributed by atoms with Crippen molar-refractivity contribution in [3.05, 3.63) is 82.8 Å². The number of carbonyl (C=O) groups is 1. The van der Waals surface area contributed by atoms with E-state index in [2.05, 4.69) is 10.0 Å². The van der Waals surface area contributed by atoms with E-state index in [1.54, 1.807) is 48.5 Å². The van der Waals surface area contributed by atoms with Crippen LogP contribution < -0.4 is 14.8 Å². The Morgan fingerprint density at radius 2 is 1.39 bits per heavy atom. The SMILES string of the molecule is CC[C@H](Oc1ccc(Cl)cc1)C(=O)Nc1ccc(S(=O)(=O)Nc2ccc(Cl)cc2)cc1. The van der Waals surface area contributed by atoms with Crippen molar-refractivity contribution in [1.82, 2.24) is 0 Å². The van der Waals surface area contributed by atoms with E-state index in [4.69, 9.17) is 27.9 Å². The van der Waals surface area contributed by atoms with Gasteiger partial charge < -0.3 is 10.1 Å². The number of ether oxygens (including phenoxy) is 1. The Kier molecular flexibility index (Phi) is 7.43. The monoisotopic (exact) mass is 478 g/mol. The van der Waals surface area contributed by atoms with Crippen molar-refractivity contribution in [1.29, 1.82) is 0 Å². The van der Waals surface area contributed by atoms with Crippen LogP contribution in [0, 0.1) is 0 Å². The second-order valence-electron chi connectivity index (χ2n) is 6.59. The molecule has 1 amide bonds. The third-order valence-corrected chi connectivity index (χ3v) is 6.18. The van der Waals surface area contributed by atoms with Crippen LogP contribution in [0.15, 0.2) is 77.7 Å². The molecule has 1 atom stereocenters. The van der Waals surface area contributed by atoms with Gasteiger partial charge in [0.15, 0.2) is 6.10 Å². The molecule has 0 aliphatic heterocycles. The number of nitrogens with one attached hydrogen (secondary N) is 2. The highest BCUT2D eigenvalue weighted by Gasteiger charge is 2.19. The van der Waals surface area contributed by atoms with Gasteiger partial charge in [-0.25, -0.2) is 8.42 Å². The van der Waals surface area contributed by atoms with Crippen LogP contribution in [0.2, 0.25) is 10.0 Å². The summed E-state index contributed by atoms with van der Waals surface area (Å²) in [5.74, 6) is 0.188. The van der Waals surface area contributed by atoms with E-state index in [9.17, 15) is 13.2 Å². The Morgan fingerprint density at radius 3 is 1.94 bits per heavy atom. The first-order valence-corrected chi connectivity index (χ1v) is 11.6. The fourth-order valence-electron chi connectivity index (χ4n) is 2.67. The molecule has 3 aromatic rings. The summed E-state index contributed by atoms with van der Waals surface area (Å²) >= 11 is 11.7. The maximum absolute atomic E-state index is 12.6. The predicted octanol–water partition coefficient (Wildman–Crippen LogP) is 5.59. The molecule has 0 saturated heterocycles. The van der Waals surface area contributed by atoms with Crippen LogP contribution in [-0.4, -0.2) is 20.4 Å². The first-order valence-electron chi connectivity index (χ1n) is 9.38. The van der Waals surface area contributed by atoms with Gasteiger partial charge >= 0.3 is 0 Å². The summed E-state index contributed by atoms with van der Waals surface area (Å²) in [6.45, 7) is 1.83. The molecule has 0 bridgehead atoms. The summed E-state index contributed by atoms with van der Waals surface area (Å²) in [6, 6.07) is 18.9. The summed E-state index contributed by atoms with van der Waals surface area (Å²) in [6.07, 6.45) is -0.262. The van der Waals surface area contributed by atoms with Crippen molar-refractivity contribution in [2.75, 3.05) is 10.0 Å². The van der Waals surface area contributed by atoms with Crippen molar-refractivity contribution in [3.8, 4) is 5.75 Å². The smallest absolute Gasteiger partial charge is 0.265 e. The molecule has 0 radical (unpaired) electrons. The van der Waals surface area contributed by atoms with Crippen LogP contribution in [0.25, 0.3) is 0 Å². The van der Waals surface area contributed by atoms with Gasteiger partial charge in [-0.15, -0.1) is 0 Å². The first-order chi connectivity index (χ1) is 14.8. The summed E-state index contributed by atoms with van der Waals surface area (Å²) in [5, 5.41) is 3.82.